The number of pyridine rings is 2. The molecule has 8 heterocycles. The van der Waals surface area contributed by atoms with Gasteiger partial charge in [0.25, 0.3) is 0 Å². The largest absolute Gasteiger partial charge is 0.480 e. The molecule has 0 aliphatic carbocycles. The third kappa shape index (κ3) is 4.18. The van der Waals surface area contributed by atoms with E-state index in [1.165, 1.54) is 19.0 Å². The lowest BCUT2D eigenvalue weighted by Crippen LogP contribution is -2.12. The Bertz CT molecular complexity index is 2420. The van der Waals surface area contributed by atoms with Gasteiger partial charge in [-0.3, -0.25) is 15.2 Å². The molecule has 0 radical (unpaired) electrons. The highest BCUT2D eigenvalue weighted by atomic mass is 35.5. The van der Waals surface area contributed by atoms with Crippen molar-refractivity contribution in [3.8, 4) is 57.1 Å². The van der Waals surface area contributed by atoms with Gasteiger partial charge in [0.15, 0.2) is 11.6 Å². The number of ether oxygens (including phenoxy) is 2. The van der Waals surface area contributed by atoms with Gasteiger partial charge < -0.3 is 14.5 Å². The highest BCUT2D eigenvalue weighted by Crippen LogP contribution is 2.43. The smallest absolute Gasteiger partial charge is 0.327 e. The number of fused-ring (bicyclic) bond motifs is 2. The van der Waals surface area contributed by atoms with Crippen molar-refractivity contribution in [1.29, 1.82) is 0 Å². The Labute approximate surface area is 263 Å². The molecule has 16 nitrogen and oxygen atoms in total. The molecule has 0 aromatic carbocycles. The Morgan fingerprint density at radius 3 is 2.30 bits per heavy atom. The summed E-state index contributed by atoms with van der Waals surface area (Å²) in [4.78, 5) is 20.4. The van der Waals surface area contributed by atoms with Crippen molar-refractivity contribution in [3.05, 3.63) is 59.1 Å². The van der Waals surface area contributed by atoms with Gasteiger partial charge in [0.05, 0.1) is 49.5 Å². The fourth-order valence-electron chi connectivity index (χ4n) is 5.31. The van der Waals surface area contributed by atoms with Crippen molar-refractivity contribution in [2.75, 3.05) is 14.2 Å². The first-order valence-corrected chi connectivity index (χ1v) is 13.9. The standard InChI is InChI=1S/C26H16Cl2F2N14O2/c1-45-23-11(27)3-13-17(35-23)15(19(34-13)21-37-25(29)41-39-21)10-7-33-43(8-10)44-14-4-12(28)24(46-2)36-18(14)16(9-5-31-32-6-9)20(44)22-38-26(30)42-40-22/h3-8,34H,1-2H3,(H,31,32)(H,37,39,41)(H,38,40,42). The van der Waals surface area contributed by atoms with E-state index in [9.17, 15) is 8.78 Å². The maximum atomic E-state index is 14.3. The van der Waals surface area contributed by atoms with E-state index in [4.69, 9.17) is 32.7 Å². The molecule has 0 aliphatic heterocycles. The van der Waals surface area contributed by atoms with Gasteiger partial charge in [-0.05, 0) is 12.1 Å². The Kier molecular flexibility index (Phi) is 6.22. The van der Waals surface area contributed by atoms with Crippen LogP contribution >= 0.6 is 23.2 Å². The molecule has 0 amide bonds. The van der Waals surface area contributed by atoms with Crippen LogP contribution in [0.1, 0.15) is 0 Å². The van der Waals surface area contributed by atoms with Crippen LogP contribution in [0.3, 0.4) is 0 Å². The molecule has 0 unspecified atom stereocenters. The first-order valence-electron chi connectivity index (χ1n) is 13.1. The number of hydrogen-bond donors (Lipinski definition) is 4. The average molecular weight is 665 g/mol. The minimum Gasteiger partial charge on any atom is -0.480 e. The number of H-pyrrole nitrogens is 4. The molecule has 20 heteroatoms. The molecule has 8 aromatic heterocycles. The minimum atomic E-state index is -0.976. The molecule has 46 heavy (non-hydrogen) atoms. The third-order valence-corrected chi connectivity index (χ3v) is 7.68. The maximum absolute atomic E-state index is 14.3. The quantitative estimate of drug-likeness (QED) is 0.186. The van der Waals surface area contributed by atoms with Gasteiger partial charge in [-0.1, -0.05) is 28.3 Å². The number of aromatic amines is 4. The van der Waals surface area contributed by atoms with Crippen molar-refractivity contribution in [2.24, 2.45) is 0 Å². The monoisotopic (exact) mass is 664 g/mol. The molecule has 0 atom stereocenters. The summed E-state index contributed by atoms with van der Waals surface area (Å²) in [6.07, 6.45) is 4.57. The summed E-state index contributed by atoms with van der Waals surface area (Å²) >= 11 is 12.9. The van der Waals surface area contributed by atoms with Crippen LogP contribution < -0.4 is 9.47 Å². The van der Waals surface area contributed by atoms with Gasteiger partial charge in [0.1, 0.15) is 26.8 Å². The summed E-state index contributed by atoms with van der Waals surface area (Å²) in [7, 11) is 2.88. The third-order valence-electron chi connectivity index (χ3n) is 7.14. The highest BCUT2D eigenvalue weighted by Gasteiger charge is 2.29. The zero-order valence-electron chi connectivity index (χ0n) is 23.3. The van der Waals surface area contributed by atoms with E-state index >= 15 is 0 Å². The number of aromatic nitrogens is 14. The first-order chi connectivity index (χ1) is 22.3. The van der Waals surface area contributed by atoms with Crippen LogP contribution in [-0.4, -0.2) is 84.3 Å². The Morgan fingerprint density at radius 1 is 0.848 bits per heavy atom. The lowest BCUT2D eigenvalue weighted by molar-refractivity contribution is 0.399. The summed E-state index contributed by atoms with van der Waals surface area (Å²) < 4.78 is 40.6. The minimum absolute atomic E-state index is 0.0600. The number of rotatable bonds is 7. The number of nitrogens with zero attached hydrogens (tertiary/aromatic N) is 10. The Balaban J connectivity index is 1.43. The summed E-state index contributed by atoms with van der Waals surface area (Å²) in [5.74, 6) is 0.490. The zero-order chi connectivity index (χ0) is 31.7. The molecule has 0 aliphatic rings. The number of nitrogens with one attached hydrogen (secondary N) is 4. The zero-order valence-corrected chi connectivity index (χ0v) is 24.8. The highest BCUT2D eigenvalue weighted by molar-refractivity contribution is 6.33. The molecule has 0 spiro atoms. The van der Waals surface area contributed by atoms with Gasteiger partial charge in [-0.25, -0.2) is 14.6 Å². The SMILES string of the molecule is COc1nc2c(-c3cnn(-n4c(-c5nc(F)n[nH]5)c(-c5cn[nH]c5)c5nc(OC)c(Cl)cc54)c3)c(-c3nnc(F)[nH]3)[nH]c2cc1Cl. The van der Waals surface area contributed by atoms with Crippen LogP contribution in [0.4, 0.5) is 8.78 Å². The van der Waals surface area contributed by atoms with Crippen LogP contribution in [0.25, 0.3) is 67.4 Å². The molecular weight excluding hydrogens is 649 g/mol. The van der Waals surface area contributed by atoms with E-state index in [2.05, 4.69) is 60.6 Å². The van der Waals surface area contributed by atoms with Crippen LogP contribution in [0.5, 0.6) is 11.8 Å². The summed E-state index contributed by atoms with van der Waals surface area (Å²) in [5.41, 5.74) is 4.55. The van der Waals surface area contributed by atoms with Gasteiger partial charge >= 0.3 is 12.2 Å². The second-order valence-electron chi connectivity index (χ2n) is 9.69. The van der Waals surface area contributed by atoms with Gasteiger partial charge in [-0.2, -0.15) is 28.8 Å². The molecule has 8 aromatic rings. The van der Waals surface area contributed by atoms with E-state index in [-0.39, 0.29) is 33.5 Å². The lowest BCUT2D eigenvalue weighted by atomic mass is 10.1. The van der Waals surface area contributed by atoms with Crippen LogP contribution in [-0.2, 0) is 0 Å². The van der Waals surface area contributed by atoms with Gasteiger partial charge in [0.2, 0.25) is 11.8 Å². The van der Waals surface area contributed by atoms with Crippen molar-refractivity contribution < 1.29 is 18.3 Å². The second kappa shape index (κ2) is 10.3. The average Bonchev–Trinajstić information content (AvgIpc) is 3.88. The predicted molar refractivity (Wildman–Crippen MR) is 159 cm³/mol. The number of hydrogen-bond acceptors (Lipinski definition) is 10. The maximum Gasteiger partial charge on any atom is 0.327 e. The molecule has 8 rings (SSSR count). The molecule has 0 bridgehead atoms. The van der Waals surface area contributed by atoms with E-state index in [0.29, 0.717) is 55.7 Å². The Hall–Kier alpha value is -5.88. The molecule has 0 saturated carbocycles. The predicted octanol–water partition coefficient (Wildman–Crippen LogP) is 4.65. The van der Waals surface area contributed by atoms with Gasteiger partial charge in [-0.15, -0.1) is 10.2 Å². The Morgan fingerprint density at radius 2 is 1.63 bits per heavy atom. The molecule has 230 valence electrons. The van der Waals surface area contributed by atoms with Crippen molar-refractivity contribution in [1.82, 2.24) is 70.1 Å². The van der Waals surface area contributed by atoms with Gasteiger partial charge in [0, 0.05) is 28.5 Å². The summed E-state index contributed by atoms with van der Waals surface area (Å²) in [5, 5.41) is 25.6. The number of halogens is 4. The summed E-state index contributed by atoms with van der Waals surface area (Å²) in [6.45, 7) is 0. The summed E-state index contributed by atoms with van der Waals surface area (Å²) in [6, 6.07) is 3.26. The second-order valence-corrected chi connectivity index (χ2v) is 10.5. The fraction of sp³-hybridized carbons (Fsp3) is 0.0769. The van der Waals surface area contributed by atoms with E-state index < -0.39 is 12.2 Å². The van der Waals surface area contributed by atoms with Crippen LogP contribution in [0, 0.1) is 12.2 Å². The molecular formula is C26H16Cl2F2N14O2. The van der Waals surface area contributed by atoms with E-state index in [1.807, 2.05) is 0 Å². The van der Waals surface area contributed by atoms with Crippen LogP contribution in [0.15, 0.2) is 36.9 Å². The van der Waals surface area contributed by atoms with Crippen molar-refractivity contribution >= 4 is 45.3 Å². The first kappa shape index (κ1) is 27.7. The normalized spacial score (nSPS) is 11.7. The fourth-order valence-corrected chi connectivity index (χ4v) is 5.76. The lowest BCUT2D eigenvalue weighted by Gasteiger charge is -2.10. The molecule has 4 N–H and O–H groups in total. The molecule has 0 fully saturated rings. The molecule has 0 saturated heterocycles. The van der Waals surface area contributed by atoms with E-state index in [0.717, 1.165) is 0 Å². The van der Waals surface area contributed by atoms with Crippen molar-refractivity contribution in [2.45, 2.75) is 0 Å². The van der Waals surface area contributed by atoms with Crippen LogP contribution in [0.2, 0.25) is 10.0 Å². The van der Waals surface area contributed by atoms with E-state index in [1.54, 1.807) is 41.6 Å². The number of methoxy groups -OCH3 is 2. The van der Waals surface area contributed by atoms with Crippen molar-refractivity contribution in [3.63, 3.8) is 0 Å². The topological polar surface area (TPSA) is 195 Å².